The van der Waals surface area contributed by atoms with Crippen molar-refractivity contribution in [3.05, 3.63) is 74.6 Å². The fourth-order valence-electron chi connectivity index (χ4n) is 11.1. The first-order valence-corrected chi connectivity index (χ1v) is 21.1. The number of rotatable bonds is 11. The molecule has 2 aromatic carbocycles. The molecule has 0 spiro atoms. The van der Waals surface area contributed by atoms with Gasteiger partial charge in [-0.1, -0.05) is 81.5 Å². The molecule has 0 aliphatic heterocycles. The van der Waals surface area contributed by atoms with Gasteiger partial charge in [-0.2, -0.15) is 0 Å². The number of ether oxygens (including phenoxy) is 3. The Labute approximate surface area is 324 Å². The molecule has 6 nitrogen and oxygen atoms in total. The molecule has 3 saturated carbocycles. The summed E-state index contributed by atoms with van der Waals surface area (Å²) in [5, 5.41) is 0.378. The molecular formula is C46H59BrO6. The van der Waals surface area contributed by atoms with Gasteiger partial charge in [0, 0.05) is 17.0 Å². The standard InChI is InChI=1S/C46H59BrO6/c1-28(2)8-7-9-29(3)31-10-19-39-37-17-11-32-24-36(20-23-46(32,6)40(37)21-22-45(39,5)26-31)52-42(48)27-50-35-16-18-38-41(25-35)51-30(4)44(43(38)49)53-34-14-12-33(47)13-15-34/h11-16,18,25,28-29,31,36-37,39-40H,7-10,17,19-24,26-27H2,1-6H3/t29-,31+,36+,37-,39+,40-,45+,46-/m0/s1. The maximum Gasteiger partial charge on any atom is 0.344 e. The molecule has 286 valence electrons. The van der Waals surface area contributed by atoms with Crippen LogP contribution in [0.15, 0.2) is 67.8 Å². The van der Waals surface area contributed by atoms with Crippen molar-refractivity contribution in [1.82, 2.24) is 0 Å². The normalized spacial score (nSPS) is 30.1. The van der Waals surface area contributed by atoms with Gasteiger partial charge >= 0.3 is 5.97 Å². The van der Waals surface area contributed by atoms with Crippen LogP contribution in [0.1, 0.15) is 117 Å². The predicted molar refractivity (Wildman–Crippen MR) is 214 cm³/mol. The SMILES string of the molecule is Cc1oc2cc(OCC(=O)O[C@@H]3CC[C@@]4(C)C(=CC[C@H]5[C@H]6CC[C@@H]([C@@H](C)CCCC(C)C)C[C@@]6(C)CC[C@@H]54)C3)ccc2c(=O)c1Oc1ccc(Br)cc1. The van der Waals surface area contributed by atoms with E-state index in [4.69, 9.17) is 18.6 Å². The van der Waals surface area contributed by atoms with Crippen LogP contribution in [0.25, 0.3) is 11.0 Å². The third-order valence-corrected chi connectivity index (χ3v) is 14.6. The van der Waals surface area contributed by atoms with E-state index in [1.165, 1.54) is 63.4 Å². The molecule has 7 rings (SSSR count). The zero-order valence-electron chi connectivity index (χ0n) is 32.7. The Hall–Kier alpha value is -3.06. The molecule has 7 heteroatoms. The van der Waals surface area contributed by atoms with Gasteiger partial charge in [0.25, 0.3) is 0 Å². The van der Waals surface area contributed by atoms with E-state index in [0.717, 1.165) is 59.2 Å². The largest absolute Gasteiger partial charge is 0.482 e. The molecule has 0 amide bonds. The number of benzene rings is 2. The Balaban J connectivity index is 0.932. The van der Waals surface area contributed by atoms with Gasteiger partial charge in [0.1, 0.15) is 28.9 Å². The molecule has 0 bridgehead atoms. The van der Waals surface area contributed by atoms with Crippen molar-refractivity contribution in [3.63, 3.8) is 0 Å². The van der Waals surface area contributed by atoms with Crippen LogP contribution in [0.3, 0.4) is 0 Å². The Morgan fingerprint density at radius 2 is 1.74 bits per heavy atom. The Morgan fingerprint density at radius 3 is 2.51 bits per heavy atom. The highest BCUT2D eigenvalue weighted by atomic mass is 79.9. The van der Waals surface area contributed by atoms with E-state index in [9.17, 15) is 9.59 Å². The van der Waals surface area contributed by atoms with E-state index >= 15 is 0 Å². The summed E-state index contributed by atoms with van der Waals surface area (Å²) in [5.41, 5.74) is 2.32. The van der Waals surface area contributed by atoms with Crippen LogP contribution in [0.4, 0.5) is 0 Å². The lowest BCUT2D eigenvalue weighted by atomic mass is 9.44. The van der Waals surface area contributed by atoms with Crippen LogP contribution in [0.2, 0.25) is 0 Å². The van der Waals surface area contributed by atoms with E-state index in [0.29, 0.717) is 33.6 Å². The van der Waals surface area contributed by atoms with Crippen molar-refractivity contribution < 1.29 is 23.4 Å². The van der Waals surface area contributed by atoms with Crippen LogP contribution < -0.4 is 14.9 Å². The van der Waals surface area contributed by atoms with Crippen molar-refractivity contribution >= 4 is 32.9 Å². The molecule has 4 aliphatic rings. The highest BCUT2D eigenvalue weighted by Gasteiger charge is 2.56. The quantitative estimate of drug-likeness (QED) is 0.142. The van der Waals surface area contributed by atoms with Crippen molar-refractivity contribution in [2.24, 2.45) is 46.3 Å². The van der Waals surface area contributed by atoms with Gasteiger partial charge in [0.05, 0.1) is 5.39 Å². The number of halogens is 1. The highest BCUT2D eigenvalue weighted by molar-refractivity contribution is 9.10. The summed E-state index contributed by atoms with van der Waals surface area (Å²) in [6.45, 7) is 13.9. The average molecular weight is 788 g/mol. The molecule has 3 aromatic rings. The summed E-state index contributed by atoms with van der Waals surface area (Å²) in [6.07, 6.45) is 17.5. The lowest BCUT2D eigenvalue weighted by Gasteiger charge is -2.61. The fraction of sp³-hybridized carbons (Fsp3) is 0.609. The van der Waals surface area contributed by atoms with Gasteiger partial charge in [0.2, 0.25) is 11.2 Å². The maximum absolute atomic E-state index is 13.3. The van der Waals surface area contributed by atoms with Crippen LogP contribution in [0.5, 0.6) is 17.2 Å². The van der Waals surface area contributed by atoms with E-state index in [1.54, 1.807) is 37.3 Å². The summed E-state index contributed by atoms with van der Waals surface area (Å²) in [7, 11) is 0. The van der Waals surface area contributed by atoms with Crippen molar-refractivity contribution in [1.29, 1.82) is 0 Å². The number of fused-ring (bicyclic) bond motifs is 6. The molecule has 8 atom stereocenters. The smallest absolute Gasteiger partial charge is 0.344 e. The number of allylic oxidation sites excluding steroid dienone is 1. The minimum absolute atomic E-state index is 0.120. The van der Waals surface area contributed by atoms with Crippen molar-refractivity contribution in [3.8, 4) is 17.2 Å². The molecule has 0 unspecified atom stereocenters. The lowest BCUT2D eigenvalue weighted by molar-refractivity contribution is -0.154. The summed E-state index contributed by atoms with van der Waals surface area (Å²) < 4.78 is 24.6. The monoisotopic (exact) mass is 786 g/mol. The van der Waals surface area contributed by atoms with E-state index in [1.807, 2.05) is 12.1 Å². The number of carbonyl (C=O) groups is 1. The van der Waals surface area contributed by atoms with Crippen molar-refractivity contribution in [2.75, 3.05) is 6.61 Å². The first-order valence-electron chi connectivity index (χ1n) is 20.4. The fourth-order valence-corrected chi connectivity index (χ4v) is 11.3. The summed E-state index contributed by atoms with van der Waals surface area (Å²) in [6, 6.07) is 12.2. The topological polar surface area (TPSA) is 75.0 Å². The van der Waals surface area contributed by atoms with E-state index in [-0.39, 0.29) is 35.3 Å². The summed E-state index contributed by atoms with van der Waals surface area (Å²) in [4.78, 5) is 26.3. The van der Waals surface area contributed by atoms with Gasteiger partial charge in [-0.15, -0.1) is 0 Å². The highest BCUT2D eigenvalue weighted by Crippen LogP contribution is 2.65. The van der Waals surface area contributed by atoms with E-state index in [2.05, 4.69) is 56.6 Å². The zero-order valence-corrected chi connectivity index (χ0v) is 34.3. The number of carbonyl (C=O) groups excluding carboxylic acids is 1. The molecule has 3 fully saturated rings. The third-order valence-electron chi connectivity index (χ3n) is 14.1. The summed E-state index contributed by atoms with van der Waals surface area (Å²) in [5.74, 6) is 6.03. The second-order valence-electron chi connectivity index (χ2n) is 18.0. The molecule has 0 saturated heterocycles. The number of esters is 1. The predicted octanol–water partition coefficient (Wildman–Crippen LogP) is 12.4. The Morgan fingerprint density at radius 1 is 0.962 bits per heavy atom. The van der Waals surface area contributed by atoms with Gasteiger partial charge < -0.3 is 18.6 Å². The van der Waals surface area contributed by atoms with E-state index < -0.39 is 0 Å². The minimum atomic E-state index is -0.368. The van der Waals surface area contributed by atoms with Crippen LogP contribution >= 0.6 is 15.9 Å². The molecule has 53 heavy (non-hydrogen) atoms. The zero-order chi connectivity index (χ0) is 37.5. The van der Waals surface area contributed by atoms with Gasteiger partial charge in [-0.25, -0.2) is 4.79 Å². The van der Waals surface area contributed by atoms with Crippen LogP contribution in [-0.4, -0.2) is 18.7 Å². The number of aryl methyl sites for hydroxylation is 1. The van der Waals surface area contributed by atoms with Gasteiger partial charge in [0.15, 0.2) is 6.61 Å². The molecule has 4 aliphatic carbocycles. The van der Waals surface area contributed by atoms with Gasteiger partial charge in [-0.3, -0.25) is 4.79 Å². The second-order valence-corrected chi connectivity index (χ2v) is 18.9. The van der Waals surface area contributed by atoms with Crippen molar-refractivity contribution in [2.45, 2.75) is 125 Å². The first-order chi connectivity index (χ1) is 25.3. The Kier molecular flexibility index (Phi) is 11.2. The van der Waals surface area contributed by atoms with Crippen LogP contribution in [-0.2, 0) is 9.53 Å². The number of hydrogen-bond donors (Lipinski definition) is 0. The lowest BCUT2D eigenvalue weighted by Crippen LogP contribution is -2.52. The molecule has 1 heterocycles. The Bertz CT molecular complexity index is 1880. The van der Waals surface area contributed by atoms with Gasteiger partial charge in [-0.05, 0) is 141 Å². The van der Waals surface area contributed by atoms with Crippen LogP contribution in [0, 0.1) is 53.3 Å². The molecule has 1 aromatic heterocycles. The first kappa shape index (κ1) is 38.2. The molecule has 0 radical (unpaired) electrons. The molecular weight excluding hydrogens is 728 g/mol. The number of hydrogen-bond acceptors (Lipinski definition) is 6. The molecule has 0 N–H and O–H groups in total. The second kappa shape index (κ2) is 15.6. The minimum Gasteiger partial charge on any atom is -0.482 e. The maximum atomic E-state index is 13.3. The third kappa shape index (κ3) is 8.02. The average Bonchev–Trinajstić information content (AvgIpc) is 3.12. The summed E-state index contributed by atoms with van der Waals surface area (Å²) >= 11 is 3.41.